The second kappa shape index (κ2) is 22.5. The predicted octanol–water partition coefficient (Wildman–Crippen LogP) is 8.19. The first-order valence-electron chi connectivity index (χ1n) is 22.4. The summed E-state index contributed by atoms with van der Waals surface area (Å²) in [6.07, 6.45) is 4.27. The molecule has 5 aliphatic heterocycles. The smallest absolute Gasteiger partial charge is 0.0478 e. The average Bonchev–Trinajstić information content (AvgIpc) is 3.35. The van der Waals surface area contributed by atoms with Crippen molar-refractivity contribution < 1.29 is 0 Å². The number of hydrogen-bond acceptors (Lipinski definition) is 7. The van der Waals surface area contributed by atoms with Crippen LogP contribution in [0.3, 0.4) is 0 Å². The first kappa shape index (κ1) is 47.9. The van der Waals surface area contributed by atoms with Crippen molar-refractivity contribution >= 4 is 0 Å². The van der Waals surface area contributed by atoms with Crippen LogP contribution in [0.15, 0.2) is 0 Å². The van der Waals surface area contributed by atoms with Crippen LogP contribution >= 0.6 is 0 Å². The molecule has 2 atom stereocenters. The summed E-state index contributed by atoms with van der Waals surface area (Å²) in [5, 5.41) is 0. The van der Waals surface area contributed by atoms with Gasteiger partial charge in [-0.2, -0.15) is 0 Å². The van der Waals surface area contributed by atoms with Crippen LogP contribution < -0.4 is 0 Å². The summed E-state index contributed by atoms with van der Waals surface area (Å²) in [5.74, 6) is 2.66. The zero-order valence-corrected chi connectivity index (χ0v) is 38.6. The van der Waals surface area contributed by atoms with E-state index in [0.717, 1.165) is 41.9 Å². The van der Waals surface area contributed by atoms with Gasteiger partial charge in [0.15, 0.2) is 0 Å². The van der Waals surface area contributed by atoms with E-state index in [1.807, 2.05) is 0 Å². The van der Waals surface area contributed by atoms with Crippen LogP contribution in [0.1, 0.15) is 144 Å². The molecular weight excluding hydrogens is 639 g/mol. The molecule has 2 unspecified atom stereocenters. The number of hydrogen-bond donors (Lipinski definition) is 0. The third-order valence-corrected chi connectivity index (χ3v) is 13.0. The minimum atomic E-state index is 0.596. The second-order valence-corrected chi connectivity index (χ2v) is 20.2. The van der Waals surface area contributed by atoms with Gasteiger partial charge >= 0.3 is 0 Å². The highest BCUT2D eigenvalue weighted by Crippen LogP contribution is 2.41. The molecule has 7 heteroatoms. The Morgan fingerprint density at radius 1 is 0.462 bits per heavy atom. The molecule has 0 bridgehead atoms. The van der Waals surface area contributed by atoms with Crippen LogP contribution in [-0.2, 0) is 0 Å². The molecule has 1 spiro atoms. The number of likely N-dealkylation sites (tertiary alicyclic amines) is 3. The van der Waals surface area contributed by atoms with Crippen LogP contribution in [0.2, 0.25) is 0 Å². The molecule has 7 nitrogen and oxygen atoms in total. The summed E-state index contributed by atoms with van der Waals surface area (Å²) in [6.45, 7) is 56.9. The first-order valence-corrected chi connectivity index (χ1v) is 22.4. The maximum Gasteiger partial charge on any atom is 0.0478 e. The van der Waals surface area contributed by atoms with Crippen molar-refractivity contribution in [2.75, 3.05) is 78.5 Å². The number of piperazine rings is 1. The van der Waals surface area contributed by atoms with E-state index >= 15 is 0 Å². The lowest BCUT2D eigenvalue weighted by Gasteiger charge is -2.65. The molecule has 5 aliphatic rings. The fraction of sp³-hybridized carbons (Fsp3) is 1.00. The monoisotopic (exact) mass is 734 g/mol. The molecule has 5 fully saturated rings. The highest BCUT2D eigenvalue weighted by molar-refractivity contribution is 5.11. The Morgan fingerprint density at radius 3 is 1.25 bits per heavy atom. The van der Waals surface area contributed by atoms with Gasteiger partial charge in [-0.15, -0.1) is 0 Å². The van der Waals surface area contributed by atoms with E-state index in [1.54, 1.807) is 0 Å². The lowest BCUT2D eigenvalue weighted by molar-refractivity contribution is -0.146. The van der Waals surface area contributed by atoms with Crippen LogP contribution in [0, 0.1) is 17.8 Å². The predicted molar refractivity (Wildman–Crippen MR) is 231 cm³/mol. The molecule has 0 saturated carbocycles. The van der Waals surface area contributed by atoms with Gasteiger partial charge < -0.3 is 4.90 Å². The molecule has 5 heterocycles. The van der Waals surface area contributed by atoms with E-state index in [2.05, 4.69) is 159 Å². The lowest BCUT2D eigenvalue weighted by Crippen LogP contribution is -2.78. The third kappa shape index (κ3) is 15.0. The van der Waals surface area contributed by atoms with Crippen LogP contribution in [0.4, 0.5) is 0 Å². The zero-order chi connectivity index (χ0) is 39.5. The van der Waals surface area contributed by atoms with Crippen molar-refractivity contribution in [2.24, 2.45) is 17.8 Å². The Kier molecular flexibility index (Phi) is 20.7. The Bertz CT molecular complexity index is 916. The highest BCUT2D eigenvalue weighted by Gasteiger charge is 2.54. The van der Waals surface area contributed by atoms with Crippen molar-refractivity contribution in [3.05, 3.63) is 0 Å². The maximum atomic E-state index is 2.67. The standard InChI is InChI=1S/C12H26N2.C11H22N2.C11H24N2.C11H23N/c1-10(2)13-6-7-14(11(3)4)9-12(5)8-13;1-9(2)12-7-11(8-12)5-6-13(11)10(3)4;1-9(2)12-6-7-13(10(3)4)11(5)8-12;1-9(2)7-11-5-6-12(8-11)10(3)4/h10-12H,6-9H2,1-5H3;9-10H,5-8H2,1-4H3;9-11H,6-8H2,1-5H3;9-11H,5-8H2,1-4H3. The molecule has 0 radical (unpaired) electrons. The van der Waals surface area contributed by atoms with Gasteiger partial charge in [0.25, 0.3) is 0 Å². The van der Waals surface area contributed by atoms with Gasteiger partial charge in [0.2, 0.25) is 0 Å². The van der Waals surface area contributed by atoms with E-state index in [4.69, 9.17) is 0 Å². The molecule has 0 aromatic carbocycles. The second-order valence-electron chi connectivity index (χ2n) is 20.2. The Labute approximate surface area is 327 Å². The molecule has 310 valence electrons. The molecule has 0 aromatic heterocycles. The quantitative estimate of drug-likeness (QED) is 0.236. The third-order valence-electron chi connectivity index (χ3n) is 13.0. The number of nitrogens with zero attached hydrogens (tertiary/aromatic N) is 7. The maximum absolute atomic E-state index is 2.67. The van der Waals surface area contributed by atoms with Crippen LogP contribution in [-0.4, -0.2) is 167 Å². The van der Waals surface area contributed by atoms with Crippen molar-refractivity contribution in [3.8, 4) is 0 Å². The molecule has 5 rings (SSSR count). The van der Waals surface area contributed by atoms with Gasteiger partial charge in [0.05, 0.1) is 0 Å². The summed E-state index contributed by atoms with van der Waals surface area (Å²) in [4.78, 5) is 18.2. The van der Waals surface area contributed by atoms with E-state index < -0.39 is 0 Å². The molecular formula is C45H95N7. The van der Waals surface area contributed by atoms with Gasteiger partial charge in [0.1, 0.15) is 0 Å². The molecule has 0 N–H and O–H groups in total. The summed E-state index contributed by atoms with van der Waals surface area (Å²) >= 11 is 0. The molecule has 5 saturated heterocycles. The molecule has 52 heavy (non-hydrogen) atoms. The van der Waals surface area contributed by atoms with Gasteiger partial charge in [-0.3, -0.25) is 29.4 Å². The fourth-order valence-electron chi connectivity index (χ4n) is 9.44. The first-order chi connectivity index (χ1) is 24.2. The fourth-order valence-corrected chi connectivity index (χ4v) is 9.44. The minimum absolute atomic E-state index is 0.596. The van der Waals surface area contributed by atoms with E-state index in [0.29, 0.717) is 29.7 Å². The summed E-state index contributed by atoms with van der Waals surface area (Å²) in [5.41, 5.74) is 0.596. The molecule has 0 aromatic rings. The molecule has 0 aliphatic carbocycles. The topological polar surface area (TPSA) is 22.7 Å². The van der Waals surface area contributed by atoms with E-state index in [-0.39, 0.29) is 0 Å². The van der Waals surface area contributed by atoms with Crippen LogP contribution in [0.5, 0.6) is 0 Å². The van der Waals surface area contributed by atoms with Crippen molar-refractivity contribution in [3.63, 3.8) is 0 Å². The van der Waals surface area contributed by atoms with E-state index in [9.17, 15) is 0 Å². The highest BCUT2D eigenvalue weighted by atomic mass is 15.4. The SMILES string of the molecule is CC(C)CC1CCN(C(C)C)C1.CC(C)N1CC2(CCN2C(C)C)C1.CC(C)N1CCN(C(C)C)C(C)C1.CC1CN(C(C)C)CCN(C(C)C)C1. The van der Waals surface area contributed by atoms with Gasteiger partial charge in [-0.1, -0.05) is 20.8 Å². The zero-order valence-electron chi connectivity index (χ0n) is 38.6. The lowest BCUT2D eigenvalue weighted by atomic mass is 9.76. The van der Waals surface area contributed by atoms with Crippen molar-refractivity contribution in [1.82, 2.24) is 34.3 Å². The van der Waals surface area contributed by atoms with Gasteiger partial charge in [-0.05, 0) is 147 Å². The summed E-state index contributed by atoms with van der Waals surface area (Å²) in [7, 11) is 0. The van der Waals surface area contributed by atoms with Crippen molar-refractivity contribution in [2.45, 2.75) is 198 Å². The largest absolute Gasteiger partial charge is 0.301 e. The van der Waals surface area contributed by atoms with Crippen LogP contribution in [0.25, 0.3) is 0 Å². The van der Waals surface area contributed by atoms with Gasteiger partial charge in [0, 0.05) is 126 Å². The van der Waals surface area contributed by atoms with Crippen molar-refractivity contribution in [1.29, 1.82) is 0 Å². The Hall–Kier alpha value is -0.280. The minimum Gasteiger partial charge on any atom is -0.301 e. The number of rotatable bonds is 9. The molecule has 0 amide bonds. The summed E-state index contributed by atoms with van der Waals surface area (Å²) < 4.78 is 0. The van der Waals surface area contributed by atoms with Gasteiger partial charge in [-0.25, -0.2) is 0 Å². The van der Waals surface area contributed by atoms with E-state index in [1.165, 1.54) is 97.8 Å². The Morgan fingerprint density at radius 2 is 0.904 bits per heavy atom. The summed E-state index contributed by atoms with van der Waals surface area (Å²) in [6, 6.07) is 5.75. The average molecular weight is 734 g/mol. The normalized spacial score (nSPS) is 26.2. The Balaban J connectivity index is 0.000000240.